The minimum atomic E-state index is -1.18. The molecule has 6 nitrogen and oxygen atoms in total. The number of aliphatic carboxylic acids is 1. The van der Waals surface area contributed by atoms with Gasteiger partial charge in [0, 0.05) is 6.61 Å². The van der Waals surface area contributed by atoms with E-state index in [2.05, 4.69) is 9.47 Å². The van der Waals surface area contributed by atoms with Crippen molar-refractivity contribution in [1.82, 2.24) is 0 Å². The summed E-state index contributed by atoms with van der Waals surface area (Å²) in [6.07, 6.45) is -2.06. The molecular weight excluding hydrogens is 180 g/mol. The normalized spacial score (nSPS) is 11.8. The Hall–Kier alpha value is -1.30. The van der Waals surface area contributed by atoms with E-state index in [1.54, 1.807) is 6.92 Å². The number of hydrogen-bond acceptors (Lipinski definition) is 5. The Kier molecular flexibility index (Phi) is 5.62. The molecular formula is C7H12O6. The van der Waals surface area contributed by atoms with Gasteiger partial charge in [0.25, 0.3) is 0 Å². The molecule has 13 heavy (non-hydrogen) atoms. The van der Waals surface area contributed by atoms with Crippen LogP contribution in [0.15, 0.2) is 0 Å². The van der Waals surface area contributed by atoms with Gasteiger partial charge in [0.2, 0.25) is 0 Å². The number of rotatable bonds is 5. The van der Waals surface area contributed by atoms with E-state index in [1.165, 1.54) is 0 Å². The molecule has 1 N–H and O–H groups in total. The number of carbonyl (C=O) groups is 2. The summed E-state index contributed by atoms with van der Waals surface area (Å²) in [5.74, 6) is -1.18. The molecule has 0 spiro atoms. The van der Waals surface area contributed by atoms with Gasteiger partial charge in [-0.15, -0.1) is 0 Å². The maximum atomic E-state index is 10.5. The predicted octanol–water partition coefficient (Wildman–Crippen LogP) is 0.259. The van der Waals surface area contributed by atoms with Gasteiger partial charge < -0.3 is 19.3 Å². The molecule has 0 aromatic rings. The Morgan fingerprint density at radius 3 is 2.46 bits per heavy atom. The largest absolute Gasteiger partial charge is 0.508 e. The Labute approximate surface area is 75.4 Å². The highest BCUT2D eigenvalue weighted by atomic mass is 16.7. The quantitative estimate of drug-likeness (QED) is 0.629. The third kappa shape index (κ3) is 5.02. The molecule has 0 fully saturated rings. The number of carboxylic acid groups (broad SMARTS) is 1. The van der Waals surface area contributed by atoms with Crippen LogP contribution in [0.4, 0.5) is 4.79 Å². The third-order valence-electron chi connectivity index (χ3n) is 1.16. The maximum Gasteiger partial charge on any atom is 0.508 e. The summed E-state index contributed by atoms with van der Waals surface area (Å²) in [4.78, 5) is 20.9. The van der Waals surface area contributed by atoms with E-state index in [0.717, 1.165) is 7.11 Å². The summed E-state index contributed by atoms with van der Waals surface area (Å²) < 4.78 is 13.3. The highest BCUT2D eigenvalue weighted by Gasteiger charge is 2.19. The molecule has 0 aromatic carbocycles. The van der Waals surface area contributed by atoms with Gasteiger partial charge in [0.05, 0.1) is 7.11 Å². The Bertz CT molecular complexity index is 178. The van der Waals surface area contributed by atoms with E-state index < -0.39 is 18.2 Å². The number of ether oxygens (including phenoxy) is 3. The van der Waals surface area contributed by atoms with E-state index >= 15 is 0 Å². The average molecular weight is 192 g/mol. The first-order valence-corrected chi connectivity index (χ1v) is 3.67. The molecule has 0 aliphatic carbocycles. The Morgan fingerprint density at radius 2 is 2.08 bits per heavy atom. The molecule has 0 aromatic heterocycles. The molecule has 6 heteroatoms. The van der Waals surface area contributed by atoms with Gasteiger partial charge in [-0.2, -0.15) is 0 Å². The van der Waals surface area contributed by atoms with Crippen LogP contribution in [-0.2, 0) is 19.0 Å². The van der Waals surface area contributed by atoms with Crippen molar-refractivity contribution in [3.8, 4) is 0 Å². The lowest BCUT2D eigenvalue weighted by atomic mass is 10.4. The number of carboxylic acids is 1. The van der Waals surface area contributed by atoms with E-state index in [9.17, 15) is 9.59 Å². The van der Waals surface area contributed by atoms with Crippen LogP contribution in [0.1, 0.15) is 6.92 Å². The summed E-state index contributed by atoms with van der Waals surface area (Å²) >= 11 is 0. The van der Waals surface area contributed by atoms with E-state index in [-0.39, 0.29) is 13.2 Å². The van der Waals surface area contributed by atoms with Crippen molar-refractivity contribution in [2.24, 2.45) is 0 Å². The van der Waals surface area contributed by atoms with Crippen molar-refractivity contribution in [1.29, 1.82) is 0 Å². The molecule has 1 unspecified atom stereocenters. The van der Waals surface area contributed by atoms with Crippen molar-refractivity contribution in [3.05, 3.63) is 0 Å². The van der Waals surface area contributed by atoms with Crippen LogP contribution in [0.3, 0.4) is 0 Å². The molecule has 0 heterocycles. The standard InChI is InChI=1S/C7H12O6/c1-3-12-5(6(8)9)4-13-7(10)11-2/h5H,3-4H2,1-2H3,(H,8,9). The first kappa shape index (κ1) is 11.7. The monoisotopic (exact) mass is 192 g/mol. The Balaban J connectivity index is 3.82. The first-order valence-electron chi connectivity index (χ1n) is 3.67. The zero-order valence-corrected chi connectivity index (χ0v) is 7.48. The van der Waals surface area contributed by atoms with Gasteiger partial charge in [-0.25, -0.2) is 9.59 Å². The zero-order chi connectivity index (χ0) is 10.3. The van der Waals surface area contributed by atoms with Gasteiger partial charge in [0.15, 0.2) is 6.10 Å². The second-order valence-electron chi connectivity index (χ2n) is 2.05. The molecule has 1 atom stereocenters. The molecule has 0 bridgehead atoms. The molecule has 0 aliphatic heterocycles. The van der Waals surface area contributed by atoms with Crippen LogP contribution in [0.5, 0.6) is 0 Å². The highest BCUT2D eigenvalue weighted by Crippen LogP contribution is 1.95. The third-order valence-corrected chi connectivity index (χ3v) is 1.16. The molecule has 0 aliphatic rings. The first-order chi connectivity index (χ1) is 6.11. The summed E-state index contributed by atoms with van der Waals surface area (Å²) in [7, 11) is 1.14. The van der Waals surface area contributed by atoms with Crippen LogP contribution in [-0.4, -0.2) is 43.7 Å². The van der Waals surface area contributed by atoms with Crippen molar-refractivity contribution < 1.29 is 28.9 Å². The lowest BCUT2D eigenvalue weighted by Gasteiger charge is -2.11. The van der Waals surface area contributed by atoms with E-state index in [1.807, 2.05) is 0 Å². The number of methoxy groups -OCH3 is 1. The van der Waals surface area contributed by atoms with Crippen molar-refractivity contribution in [3.63, 3.8) is 0 Å². The lowest BCUT2D eigenvalue weighted by molar-refractivity contribution is -0.153. The molecule has 76 valence electrons. The minimum Gasteiger partial charge on any atom is -0.479 e. The summed E-state index contributed by atoms with van der Waals surface area (Å²) in [5, 5.41) is 8.53. The van der Waals surface area contributed by atoms with Crippen molar-refractivity contribution in [2.45, 2.75) is 13.0 Å². The Morgan fingerprint density at radius 1 is 1.46 bits per heavy atom. The average Bonchev–Trinajstić information content (AvgIpc) is 2.11. The lowest BCUT2D eigenvalue weighted by Crippen LogP contribution is -2.30. The van der Waals surface area contributed by atoms with Crippen LogP contribution in [0, 0.1) is 0 Å². The van der Waals surface area contributed by atoms with Gasteiger partial charge in [0.1, 0.15) is 6.61 Å². The minimum absolute atomic E-state index is 0.238. The van der Waals surface area contributed by atoms with Crippen LogP contribution >= 0.6 is 0 Å². The SMILES string of the molecule is CCOC(COC(=O)OC)C(=O)O. The van der Waals surface area contributed by atoms with Crippen molar-refractivity contribution >= 4 is 12.1 Å². The zero-order valence-electron chi connectivity index (χ0n) is 7.48. The van der Waals surface area contributed by atoms with Gasteiger partial charge in [-0.3, -0.25) is 0 Å². The predicted molar refractivity (Wildman–Crippen MR) is 41.4 cm³/mol. The van der Waals surface area contributed by atoms with Crippen LogP contribution in [0.25, 0.3) is 0 Å². The number of carbonyl (C=O) groups excluding carboxylic acids is 1. The fourth-order valence-electron chi connectivity index (χ4n) is 0.595. The second-order valence-corrected chi connectivity index (χ2v) is 2.05. The summed E-state index contributed by atoms with van der Waals surface area (Å²) in [6.45, 7) is 1.53. The smallest absolute Gasteiger partial charge is 0.479 e. The number of hydrogen-bond donors (Lipinski definition) is 1. The molecule has 0 saturated heterocycles. The molecule has 0 radical (unpaired) electrons. The van der Waals surface area contributed by atoms with E-state index in [0.29, 0.717) is 0 Å². The van der Waals surface area contributed by atoms with Gasteiger partial charge >= 0.3 is 12.1 Å². The second kappa shape index (κ2) is 6.24. The molecule has 0 saturated carbocycles. The molecule has 0 amide bonds. The fraction of sp³-hybridized carbons (Fsp3) is 0.714. The van der Waals surface area contributed by atoms with Crippen LogP contribution < -0.4 is 0 Å². The fourth-order valence-corrected chi connectivity index (χ4v) is 0.595. The summed E-state index contributed by atoms with van der Waals surface area (Å²) in [5.41, 5.74) is 0. The van der Waals surface area contributed by atoms with Gasteiger partial charge in [-0.05, 0) is 6.92 Å². The highest BCUT2D eigenvalue weighted by molar-refractivity contribution is 5.73. The van der Waals surface area contributed by atoms with Crippen LogP contribution in [0.2, 0.25) is 0 Å². The maximum absolute atomic E-state index is 10.5. The molecule has 0 rings (SSSR count). The van der Waals surface area contributed by atoms with E-state index in [4.69, 9.17) is 9.84 Å². The van der Waals surface area contributed by atoms with Crippen molar-refractivity contribution in [2.75, 3.05) is 20.3 Å². The van der Waals surface area contributed by atoms with Gasteiger partial charge in [-0.1, -0.05) is 0 Å². The summed E-state index contributed by atoms with van der Waals surface area (Å²) in [6, 6.07) is 0. The topological polar surface area (TPSA) is 82.1 Å².